The van der Waals surface area contributed by atoms with Gasteiger partial charge in [0, 0.05) is 10.0 Å². The predicted octanol–water partition coefficient (Wildman–Crippen LogP) is 4.75. The molecule has 0 aliphatic rings. The zero-order chi connectivity index (χ0) is 19.1. The van der Waals surface area contributed by atoms with Gasteiger partial charge < -0.3 is 14.2 Å². The molecule has 26 heavy (non-hydrogen) atoms. The lowest BCUT2D eigenvalue weighted by molar-refractivity contribution is 0.0520. The molecule has 2 rings (SSSR count). The Kier molecular flexibility index (Phi) is 7.89. The van der Waals surface area contributed by atoms with E-state index in [1.54, 1.807) is 13.0 Å². The number of hydrogen-bond donors (Lipinski definition) is 1. The van der Waals surface area contributed by atoms with Gasteiger partial charge in [0.05, 0.1) is 24.3 Å². The summed E-state index contributed by atoms with van der Waals surface area (Å²) in [5.41, 5.74) is 1.12. The van der Waals surface area contributed by atoms with Gasteiger partial charge >= 0.3 is 5.97 Å². The van der Waals surface area contributed by atoms with Crippen molar-refractivity contribution in [2.75, 3.05) is 19.8 Å². The van der Waals surface area contributed by atoms with Crippen LogP contribution in [0.1, 0.15) is 44.1 Å². The zero-order valence-electron chi connectivity index (χ0n) is 14.9. The minimum Gasteiger partial charge on any atom is -0.490 e. The van der Waals surface area contributed by atoms with Gasteiger partial charge in [-0.2, -0.15) is 10.3 Å². The second kappa shape index (κ2) is 9.91. The number of H-pyrrole nitrogens is 1. The average molecular weight is 491 g/mol. The maximum Gasteiger partial charge on any atom is 0.361 e. The van der Waals surface area contributed by atoms with Crippen molar-refractivity contribution < 1.29 is 19.0 Å². The fourth-order valence-electron chi connectivity index (χ4n) is 2.23. The summed E-state index contributed by atoms with van der Waals surface area (Å²) in [6.45, 7) is 7.04. The Bertz CT molecular complexity index is 765. The molecule has 0 aliphatic heterocycles. The van der Waals surface area contributed by atoms with Crippen LogP contribution in [-0.2, 0) is 4.74 Å². The van der Waals surface area contributed by atoms with E-state index in [1.807, 2.05) is 6.92 Å². The molecule has 0 saturated heterocycles. The van der Waals surface area contributed by atoms with E-state index in [4.69, 9.17) is 14.2 Å². The van der Waals surface area contributed by atoms with Crippen molar-refractivity contribution in [3.8, 4) is 22.8 Å². The van der Waals surface area contributed by atoms with Crippen LogP contribution in [0.15, 0.2) is 15.0 Å². The highest BCUT2D eigenvalue weighted by atomic mass is 79.9. The first-order valence-corrected chi connectivity index (χ1v) is 9.99. The molecule has 0 spiro atoms. The molecule has 0 unspecified atom stereocenters. The van der Waals surface area contributed by atoms with E-state index in [9.17, 15) is 4.79 Å². The quantitative estimate of drug-likeness (QED) is 0.403. The Labute approximate surface area is 169 Å². The lowest BCUT2D eigenvalue weighted by Crippen LogP contribution is -2.07. The molecule has 142 valence electrons. The Hall–Kier alpha value is -1.61. The number of aromatic amines is 1. The number of rotatable bonds is 9. The summed E-state index contributed by atoms with van der Waals surface area (Å²) in [6, 6.07) is 1.78. The van der Waals surface area contributed by atoms with Crippen molar-refractivity contribution in [2.45, 2.75) is 33.6 Å². The van der Waals surface area contributed by atoms with Crippen LogP contribution in [0.25, 0.3) is 11.3 Å². The molecule has 0 aliphatic carbocycles. The Morgan fingerprint density at radius 2 is 1.88 bits per heavy atom. The second-order valence-corrected chi connectivity index (χ2v) is 6.84. The number of nitrogens with one attached hydrogen (secondary N) is 1. The molecular formula is C17H21Br2N3O4. The smallest absolute Gasteiger partial charge is 0.361 e. The van der Waals surface area contributed by atoms with E-state index in [-0.39, 0.29) is 12.3 Å². The van der Waals surface area contributed by atoms with Gasteiger partial charge in [-0.3, -0.25) is 0 Å². The van der Waals surface area contributed by atoms with Crippen LogP contribution >= 0.6 is 31.9 Å². The van der Waals surface area contributed by atoms with Gasteiger partial charge in [0.1, 0.15) is 5.69 Å². The molecule has 1 aromatic carbocycles. The molecule has 0 atom stereocenters. The van der Waals surface area contributed by atoms with Crippen LogP contribution in [0.4, 0.5) is 0 Å². The lowest BCUT2D eigenvalue weighted by atomic mass is 10.1. The number of hydrogen-bond acceptors (Lipinski definition) is 6. The number of nitrogens with zero attached hydrogens (tertiary/aromatic N) is 2. The third-order valence-corrected chi connectivity index (χ3v) is 5.56. The standard InChI is InChI=1S/C17H21Br2N3O4/c1-4-7-8-26-16-11(24-5-2)9-10(12(18)13(16)19)14-15(21-22-20-14)17(23)25-6-3/h9H,4-8H2,1-3H3,(H,20,21,22). The van der Waals surface area contributed by atoms with Crippen molar-refractivity contribution in [1.82, 2.24) is 15.4 Å². The molecule has 1 N–H and O–H groups in total. The van der Waals surface area contributed by atoms with Gasteiger partial charge in [-0.05, 0) is 58.2 Å². The summed E-state index contributed by atoms with van der Waals surface area (Å²) in [5, 5.41) is 10.5. The number of carbonyl (C=O) groups excluding carboxylic acids is 1. The minimum atomic E-state index is -0.541. The van der Waals surface area contributed by atoms with Crippen molar-refractivity contribution in [3.05, 3.63) is 20.7 Å². The normalized spacial score (nSPS) is 10.7. The fourth-order valence-corrected chi connectivity index (χ4v) is 3.24. The summed E-state index contributed by atoms with van der Waals surface area (Å²) in [4.78, 5) is 12.1. The van der Waals surface area contributed by atoms with E-state index >= 15 is 0 Å². The lowest BCUT2D eigenvalue weighted by Gasteiger charge is -2.17. The topological polar surface area (TPSA) is 86.3 Å². The molecule has 1 heterocycles. The number of ether oxygens (including phenoxy) is 3. The molecular weight excluding hydrogens is 470 g/mol. The van der Waals surface area contributed by atoms with Crippen LogP contribution in [-0.4, -0.2) is 41.2 Å². The van der Waals surface area contributed by atoms with E-state index in [1.165, 1.54) is 0 Å². The highest BCUT2D eigenvalue weighted by Gasteiger charge is 2.25. The number of halogens is 2. The number of unbranched alkanes of at least 4 members (excludes halogenated alkanes) is 1. The van der Waals surface area contributed by atoms with E-state index in [2.05, 4.69) is 54.2 Å². The largest absolute Gasteiger partial charge is 0.490 e. The molecule has 7 nitrogen and oxygen atoms in total. The Balaban J connectivity index is 2.51. The maximum atomic E-state index is 12.1. The highest BCUT2D eigenvalue weighted by molar-refractivity contribution is 9.13. The van der Waals surface area contributed by atoms with Crippen molar-refractivity contribution in [2.24, 2.45) is 0 Å². The SMILES string of the molecule is CCCCOc1c(OCC)cc(-c2n[nH]nc2C(=O)OCC)c(Br)c1Br. The third kappa shape index (κ3) is 4.56. The van der Waals surface area contributed by atoms with Crippen LogP contribution in [0.5, 0.6) is 11.5 Å². The maximum absolute atomic E-state index is 12.1. The van der Waals surface area contributed by atoms with Crippen molar-refractivity contribution in [3.63, 3.8) is 0 Å². The number of esters is 1. The molecule has 9 heteroatoms. The number of benzene rings is 1. The van der Waals surface area contributed by atoms with Gasteiger partial charge in [-0.25, -0.2) is 4.79 Å². The van der Waals surface area contributed by atoms with Crippen LogP contribution in [0.2, 0.25) is 0 Å². The predicted molar refractivity (Wildman–Crippen MR) is 105 cm³/mol. The van der Waals surface area contributed by atoms with Crippen LogP contribution < -0.4 is 9.47 Å². The minimum absolute atomic E-state index is 0.113. The van der Waals surface area contributed by atoms with Crippen molar-refractivity contribution >= 4 is 37.8 Å². The average Bonchev–Trinajstić information content (AvgIpc) is 3.10. The van der Waals surface area contributed by atoms with Gasteiger partial charge in [0.15, 0.2) is 17.2 Å². The van der Waals surface area contributed by atoms with Crippen molar-refractivity contribution in [1.29, 1.82) is 0 Å². The Morgan fingerprint density at radius 1 is 1.12 bits per heavy atom. The van der Waals surface area contributed by atoms with Crippen LogP contribution in [0, 0.1) is 0 Å². The first-order valence-electron chi connectivity index (χ1n) is 8.40. The second-order valence-electron chi connectivity index (χ2n) is 5.26. The first kappa shape index (κ1) is 20.7. The molecule has 1 aromatic heterocycles. The van der Waals surface area contributed by atoms with Gasteiger partial charge in [0.2, 0.25) is 0 Å². The number of carbonyl (C=O) groups is 1. The van der Waals surface area contributed by atoms with E-state index < -0.39 is 5.97 Å². The Morgan fingerprint density at radius 3 is 2.54 bits per heavy atom. The van der Waals surface area contributed by atoms with Gasteiger partial charge in [-0.1, -0.05) is 13.3 Å². The summed E-state index contributed by atoms with van der Waals surface area (Å²) >= 11 is 7.11. The van der Waals surface area contributed by atoms with Crippen LogP contribution in [0.3, 0.4) is 0 Å². The monoisotopic (exact) mass is 489 g/mol. The number of aromatic nitrogens is 3. The molecule has 0 fully saturated rings. The summed E-state index contributed by atoms with van der Waals surface area (Å²) in [7, 11) is 0. The molecule has 2 aromatic rings. The highest BCUT2D eigenvalue weighted by Crippen LogP contribution is 2.46. The van der Waals surface area contributed by atoms with Gasteiger partial charge in [0.25, 0.3) is 0 Å². The molecule has 0 bridgehead atoms. The van der Waals surface area contributed by atoms with E-state index in [0.29, 0.717) is 44.9 Å². The zero-order valence-corrected chi connectivity index (χ0v) is 18.1. The van der Waals surface area contributed by atoms with Gasteiger partial charge in [-0.15, -0.1) is 5.10 Å². The summed E-state index contributed by atoms with van der Waals surface area (Å²) in [5.74, 6) is 0.629. The van der Waals surface area contributed by atoms with E-state index in [0.717, 1.165) is 12.8 Å². The third-order valence-electron chi connectivity index (χ3n) is 3.44. The first-order chi connectivity index (χ1) is 12.5. The molecule has 0 saturated carbocycles. The molecule has 0 radical (unpaired) electrons. The summed E-state index contributed by atoms with van der Waals surface area (Å²) in [6.07, 6.45) is 1.97. The summed E-state index contributed by atoms with van der Waals surface area (Å²) < 4.78 is 18.0. The fraction of sp³-hybridized carbons (Fsp3) is 0.471. The molecule has 0 amide bonds.